The van der Waals surface area contributed by atoms with E-state index in [1.54, 1.807) is 13.0 Å². The average Bonchev–Trinajstić information content (AvgIpc) is 2.81. The number of anilines is 2. The number of hydrogen-bond donors (Lipinski definition) is 2. The molecule has 1 aliphatic carbocycles. The Bertz CT molecular complexity index is 436. The number of rotatable bonds is 4. The summed E-state index contributed by atoms with van der Waals surface area (Å²) >= 11 is 0. The van der Waals surface area contributed by atoms with Crippen molar-refractivity contribution in [2.75, 3.05) is 11.1 Å². The highest BCUT2D eigenvalue weighted by atomic mass is 16.1. The first-order valence-electron chi connectivity index (χ1n) is 6.75. The predicted molar refractivity (Wildman–Crippen MR) is 75.9 cm³/mol. The minimum atomic E-state index is 0.0166. The second kappa shape index (κ2) is 5.42. The number of nitrogens with two attached hydrogens (primary N) is 1. The fourth-order valence-corrected chi connectivity index (χ4v) is 2.81. The van der Waals surface area contributed by atoms with E-state index in [4.69, 9.17) is 5.73 Å². The lowest BCUT2D eigenvalue weighted by Crippen LogP contribution is -2.23. The molecule has 0 radical (unpaired) electrons. The molecule has 0 spiro atoms. The molecule has 98 valence electrons. The van der Waals surface area contributed by atoms with Crippen LogP contribution in [0.4, 0.5) is 11.4 Å². The number of carbonyl (C=O) groups excluding carboxylic acids is 1. The Morgan fingerprint density at radius 2 is 2.06 bits per heavy atom. The summed E-state index contributed by atoms with van der Waals surface area (Å²) in [5.74, 6) is 0.779. The van der Waals surface area contributed by atoms with E-state index in [9.17, 15) is 4.79 Å². The van der Waals surface area contributed by atoms with Crippen LogP contribution in [0.3, 0.4) is 0 Å². The van der Waals surface area contributed by atoms with Crippen molar-refractivity contribution >= 4 is 17.2 Å². The second-order valence-corrected chi connectivity index (χ2v) is 5.34. The molecule has 1 saturated carbocycles. The molecule has 1 aromatic rings. The third-order valence-electron chi connectivity index (χ3n) is 3.93. The van der Waals surface area contributed by atoms with E-state index in [-0.39, 0.29) is 5.78 Å². The Morgan fingerprint density at radius 1 is 1.39 bits per heavy atom. The highest BCUT2D eigenvalue weighted by Gasteiger charge is 2.21. The third kappa shape index (κ3) is 2.84. The van der Waals surface area contributed by atoms with Gasteiger partial charge < -0.3 is 11.1 Å². The van der Waals surface area contributed by atoms with E-state index in [2.05, 4.69) is 12.2 Å². The van der Waals surface area contributed by atoms with Crippen molar-refractivity contribution in [3.8, 4) is 0 Å². The standard InChI is InChI=1S/C15H22N2O/c1-10(12-5-3-4-6-12)17-13-7-8-14(11(2)18)15(16)9-13/h7-10,12,17H,3-6,16H2,1-2H3. The quantitative estimate of drug-likeness (QED) is 0.632. The highest BCUT2D eigenvalue weighted by Crippen LogP contribution is 2.29. The summed E-state index contributed by atoms with van der Waals surface area (Å²) in [7, 11) is 0. The van der Waals surface area contributed by atoms with Crippen LogP contribution in [0.25, 0.3) is 0 Å². The minimum absolute atomic E-state index is 0.0166. The van der Waals surface area contributed by atoms with Crippen LogP contribution in [0.1, 0.15) is 49.9 Å². The maximum Gasteiger partial charge on any atom is 0.161 e. The lowest BCUT2D eigenvalue weighted by molar-refractivity contribution is 0.101. The van der Waals surface area contributed by atoms with Gasteiger partial charge in [0.15, 0.2) is 5.78 Å². The molecule has 0 aliphatic heterocycles. The summed E-state index contributed by atoms with van der Waals surface area (Å²) in [4.78, 5) is 11.3. The first-order valence-corrected chi connectivity index (χ1v) is 6.75. The summed E-state index contributed by atoms with van der Waals surface area (Å²) in [5, 5.41) is 3.50. The summed E-state index contributed by atoms with van der Waals surface area (Å²) < 4.78 is 0. The zero-order valence-corrected chi connectivity index (χ0v) is 11.2. The van der Waals surface area contributed by atoms with Gasteiger partial charge >= 0.3 is 0 Å². The lowest BCUT2D eigenvalue weighted by Gasteiger charge is -2.22. The van der Waals surface area contributed by atoms with Gasteiger partial charge in [0.2, 0.25) is 0 Å². The number of nitrogen functional groups attached to an aromatic ring is 1. The largest absolute Gasteiger partial charge is 0.398 e. The summed E-state index contributed by atoms with van der Waals surface area (Å²) in [5.41, 5.74) is 8.07. The van der Waals surface area contributed by atoms with Gasteiger partial charge in [-0.25, -0.2) is 0 Å². The molecule has 3 nitrogen and oxygen atoms in total. The van der Waals surface area contributed by atoms with Gasteiger partial charge in [-0.2, -0.15) is 0 Å². The molecule has 0 heterocycles. The van der Waals surface area contributed by atoms with Crippen LogP contribution in [0.2, 0.25) is 0 Å². The number of ketones is 1. The molecular formula is C15H22N2O. The first kappa shape index (κ1) is 12.9. The van der Waals surface area contributed by atoms with E-state index >= 15 is 0 Å². The Morgan fingerprint density at radius 3 is 2.61 bits per heavy atom. The van der Waals surface area contributed by atoms with Gasteiger partial charge in [0, 0.05) is 23.0 Å². The van der Waals surface area contributed by atoms with Gasteiger partial charge in [-0.05, 0) is 50.8 Å². The number of carbonyl (C=O) groups is 1. The molecule has 0 bridgehead atoms. The van der Waals surface area contributed by atoms with E-state index in [0.29, 0.717) is 17.3 Å². The maximum atomic E-state index is 11.3. The molecule has 1 atom stereocenters. The monoisotopic (exact) mass is 246 g/mol. The first-order chi connectivity index (χ1) is 8.58. The molecule has 3 N–H and O–H groups in total. The Hall–Kier alpha value is -1.51. The van der Waals surface area contributed by atoms with Gasteiger partial charge in [0.1, 0.15) is 0 Å². The summed E-state index contributed by atoms with van der Waals surface area (Å²) in [6, 6.07) is 6.08. The fraction of sp³-hybridized carbons (Fsp3) is 0.533. The van der Waals surface area contributed by atoms with Gasteiger partial charge in [0.05, 0.1) is 0 Å². The molecule has 0 amide bonds. The van der Waals surface area contributed by atoms with Gasteiger partial charge in [0.25, 0.3) is 0 Å². The van der Waals surface area contributed by atoms with E-state index in [1.807, 2.05) is 12.1 Å². The van der Waals surface area contributed by atoms with Crippen LogP contribution in [0, 0.1) is 5.92 Å². The smallest absolute Gasteiger partial charge is 0.161 e. The number of benzene rings is 1. The van der Waals surface area contributed by atoms with Crippen molar-refractivity contribution < 1.29 is 4.79 Å². The Balaban J connectivity index is 2.05. The molecule has 18 heavy (non-hydrogen) atoms. The van der Waals surface area contributed by atoms with Crippen LogP contribution < -0.4 is 11.1 Å². The van der Waals surface area contributed by atoms with Crippen LogP contribution in [0.5, 0.6) is 0 Å². The van der Waals surface area contributed by atoms with Crippen molar-refractivity contribution in [1.82, 2.24) is 0 Å². The summed E-state index contributed by atoms with van der Waals surface area (Å²) in [6.07, 6.45) is 5.33. The van der Waals surface area contributed by atoms with Crippen LogP contribution in [-0.4, -0.2) is 11.8 Å². The molecule has 1 fully saturated rings. The Labute approximate surface area is 109 Å². The maximum absolute atomic E-state index is 11.3. The van der Waals surface area contributed by atoms with Crippen LogP contribution in [0.15, 0.2) is 18.2 Å². The van der Waals surface area contributed by atoms with Crippen molar-refractivity contribution in [3.05, 3.63) is 23.8 Å². The van der Waals surface area contributed by atoms with E-state index in [1.165, 1.54) is 25.7 Å². The number of Topliss-reactive ketones (excluding diaryl/α,β-unsaturated/α-hetero) is 1. The lowest BCUT2D eigenvalue weighted by atomic mass is 9.99. The average molecular weight is 246 g/mol. The molecule has 3 heteroatoms. The molecule has 0 saturated heterocycles. The van der Waals surface area contributed by atoms with Gasteiger partial charge in [-0.1, -0.05) is 12.8 Å². The predicted octanol–water partition coefficient (Wildman–Crippen LogP) is 3.46. The van der Waals surface area contributed by atoms with Crippen molar-refractivity contribution in [1.29, 1.82) is 0 Å². The second-order valence-electron chi connectivity index (χ2n) is 5.34. The normalized spacial score (nSPS) is 17.7. The number of hydrogen-bond acceptors (Lipinski definition) is 3. The van der Waals surface area contributed by atoms with Crippen LogP contribution >= 0.6 is 0 Å². The van der Waals surface area contributed by atoms with Crippen molar-refractivity contribution in [2.24, 2.45) is 5.92 Å². The van der Waals surface area contributed by atoms with E-state index < -0.39 is 0 Å². The fourth-order valence-electron chi connectivity index (χ4n) is 2.81. The highest BCUT2D eigenvalue weighted by molar-refractivity contribution is 5.99. The molecule has 0 aromatic heterocycles. The minimum Gasteiger partial charge on any atom is -0.398 e. The topological polar surface area (TPSA) is 55.1 Å². The zero-order chi connectivity index (χ0) is 13.1. The SMILES string of the molecule is CC(=O)c1ccc(NC(C)C2CCCC2)cc1N. The number of nitrogens with one attached hydrogen (secondary N) is 1. The van der Waals surface area contributed by atoms with Gasteiger partial charge in [-0.3, -0.25) is 4.79 Å². The Kier molecular flexibility index (Phi) is 3.90. The van der Waals surface area contributed by atoms with E-state index in [0.717, 1.165) is 11.6 Å². The van der Waals surface area contributed by atoms with Crippen molar-refractivity contribution in [3.63, 3.8) is 0 Å². The zero-order valence-electron chi connectivity index (χ0n) is 11.2. The molecule has 1 aromatic carbocycles. The molecule has 2 rings (SSSR count). The molecule has 1 aliphatic rings. The van der Waals surface area contributed by atoms with Gasteiger partial charge in [-0.15, -0.1) is 0 Å². The summed E-state index contributed by atoms with van der Waals surface area (Å²) in [6.45, 7) is 3.77. The van der Waals surface area contributed by atoms with Crippen molar-refractivity contribution in [2.45, 2.75) is 45.6 Å². The molecule has 1 unspecified atom stereocenters. The molecular weight excluding hydrogens is 224 g/mol. The third-order valence-corrected chi connectivity index (χ3v) is 3.93. The van der Waals surface area contributed by atoms with Crippen LogP contribution in [-0.2, 0) is 0 Å².